The Balaban J connectivity index is 2.84. The average Bonchev–Trinajstić information content (AvgIpc) is 2.35. The van der Waals surface area contributed by atoms with E-state index in [1.807, 2.05) is 13.8 Å². The fourth-order valence-electron chi connectivity index (χ4n) is 1.57. The van der Waals surface area contributed by atoms with Crippen LogP contribution < -0.4 is 9.62 Å². The summed E-state index contributed by atoms with van der Waals surface area (Å²) in [6.45, 7) is 5.96. The van der Waals surface area contributed by atoms with Gasteiger partial charge in [0.2, 0.25) is 10.0 Å². The van der Waals surface area contributed by atoms with Crippen LogP contribution in [-0.4, -0.2) is 33.3 Å². The molecular weight excluding hydrogens is 267 g/mol. The fourth-order valence-corrected chi connectivity index (χ4v) is 2.84. The lowest BCUT2D eigenvalue weighted by molar-refractivity contribution is 0.549. The summed E-state index contributed by atoms with van der Waals surface area (Å²) in [5, 5.41) is 2.55. The molecule has 0 aromatic heterocycles. The molecule has 0 radical (unpaired) electrons. The predicted octanol–water partition coefficient (Wildman–Crippen LogP) is 1.98. The Morgan fingerprint density at radius 3 is 2.21 bits per heavy atom. The molecule has 1 atom stereocenters. The van der Waals surface area contributed by atoms with E-state index in [-0.39, 0.29) is 11.9 Å². The van der Waals surface area contributed by atoms with Crippen LogP contribution in [-0.2, 0) is 10.0 Å². The van der Waals surface area contributed by atoms with Crippen molar-refractivity contribution in [1.82, 2.24) is 5.32 Å². The third-order valence-corrected chi connectivity index (χ3v) is 5.05. The molecule has 1 aromatic carbocycles. The first-order valence-corrected chi connectivity index (χ1v) is 7.72. The van der Waals surface area contributed by atoms with Gasteiger partial charge in [-0.15, -0.1) is 0 Å². The maximum atomic E-state index is 12.8. The molecule has 0 saturated heterocycles. The van der Waals surface area contributed by atoms with Gasteiger partial charge in [-0.3, -0.25) is 4.31 Å². The maximum Gasteiger partial charge on any atom is 0.238 e. The van der Waals surface area contributed by atoms with E-state index in [2.05, 4.69) is 5.32 Å². The van der Waals surface area contributed by atoms with E-state index in [1.165, 1.54) is 35.6 Å². The van der Waals surface area contributed by atoms with E-state index < -0.39 is 15.3 Å². The number of nitrogens with zero attached hydrogens (tertiary/aromatic N) is 1. The molecule has 0 amide bonds. The van der Waals surface area contributed by atoms with Crippen LogP contribution in [0.2, 0.25) is 0 Å². The van der Waals surface area contributed by atoms with Crippen molar-refractivity contribution >= 4 is 15.7 Å². The van der Waals surface area contributed by atoms with Gasteiger partial charge in [-0.05, 0) is 31.2 Å². The van der Waals surface area contributed by atoms with Crippen LogP contribution >= 0.6 is 0 Å². The number of anilines is 1. The molecule has 1 rings (SSSR count). The topological polar surface area (TPSA) is 49.4 Å². The van der Waals surface area contributed by atoms with Crippen LogP contribution in [0, 0.1) is 5.82 Å². The maximum absolute atomic E-state index is 12.8. The van der Waals surface area contributed by atoms with E-state index >= 15 is 0 Å². The lowest BCUT2D eigenvalue weighted by Gasteiger charge is -2.24. The van der Waals surface area contributed by atoms with Crippen LogP contribution in [0.1, 0.15) is 20.8 Å². The van der Waals surface area contributed by atoms with Crippen LogP contribution in [0.25, 0.3) is 0 Å². The van der Waals surface area contributed by atoms with Gasteiger partial charge >= 0.3 is 0 Å². The van der Waals surface area contributed by atoms with E-state index in [4.69, 9.17) is 0 Å². The predicted molar refractivity (Wildman–Crippen MR) is 76.3 cm³/mol. The molecule has 19 heavy (non-hydrogen) atoms. The van der Waals surface area contributed by atoms with Crippen molar-refractivity contribution in [2.45, 2.75) is 32.1 Å². The summed E-state index contributed by atoms with van der Waals surface area (Å²) < 4.78 is 38.7. The summed E-state index contributed by atoms with van der Waals surface area (Å²) >= 11 is 0. The first-order chi connectivity index (χ1) is 8.75. The number of rotatable bonds is 6. The third-order valence-electron chi connectivity index (χ3n) is 2.89. The summed E-state index contributed by atoms with van der Waals surface area (Å²) in [7, 11) is -1.97. The number of hydrogen-bond acceptors (Lipinski definition) is 3. The second kappa shape index (κ2) is 6.34. The molecule has 0 heterocycles. The van der Waals surface area contributed by atoms with Crippen molar-refractivity contribution in [2.24, 2.45) is 0 Å². The Morgan fingerprint density at radius 2 is 1.74 bits per heavy atom. The molecule has 0 spiro atoms. The van der Waals surface area contributed by atoms with Crippen molar-refractivity contribution in [3.63, 3.8) is 0 Å². The zero-order valence-electron chi connectivity index (χ0n) is 11.7. The third kappa shape index (κ3) is 4.18. The first-order valence-electron chi connectivity index (χ1n) is 6.22. The molecule has 4 nitrogen and oxygen atoms in total. The van der Waals surface area contributed by atoms with Gasteiger partial charge in [-0.2, -0.15) is 0 Å². The molecule has 0 fully saturated rings. The molecule has 0 aliphatic rings. The molecule has 0 saturated carbocycles. The zero-order valence-corrected chi connectivity index (χ0v) is 12.5. The molecule has 108 valence electrons. The van der Waals surface area contributed by atoms with Gasteiger partial charge in [0, 0.05) is 19.6 Å². The lowest BCUT2D eigenvalue weighted by Crippen LogP contribution is -2.41. The van der Waals surface area contributed by atoms with Gasteiger partial charge in [0.25, 0.3) is 0 Å². The molecule has 0 bridgehead atoms. The molecule has 6 heteroatoms. The zero-order chi connectivity index (χ0) is 14.6. The van der Waals surface area contributed by atoms with E-state index in [1.54, 1.807) is 6.92 Å². The summed E-state index contributed by atoms with van der Waals surface area (Å²) in [4.78, 5) is 0. The summed E-state index contributed by atoms with van der Waals surface area (Å²) in [5.74, 6) is -0.385. The van der Waals surface area contributed by atoms with Crippen molar-refractivity contribution < 1.29 is 12.8 Å². The average molecular weight is 288 g/mol. The van der Waals surface area contributed by atoms with Crippen LogP contribution in [0.5, 0.6) is 0 Å². The van der Waals surface area contributed by atoms with E-state index in [9.17, 15) is 12.8 Å². The Kier molecular flexibility index (Phi) is 5.31. The molecule has 1 N–H and O–H groups in total. The SMILES string of the molecule is CC(C)NCC(C)S(=O)(=O)N(C)c1ccc(F)cc1. The van der Waals surface area contributed by atoms with Gasteiger partial charge in [-0.1, -0.05) is 13.8 Å². The van der Waals surface area contributed by atoms with Crippen LogP contribution in [0.3, 0.4) is 0 Å². The van der Waals surface area contributed by atoms with Crippen LogP contribution in [0.15, 0.2) is 24.3 Å². The van der Waals surface area contributed by atoms with Crippen molar-refractivity contribution in [1.29, 1.82) is 0 Å². The molecule has 0 aliphatic carbocycles. The second-order valence-corrected chi connectivity index (χ2v) is 7.24. The Bertz CT molecular complexity index is 500. The van der Waals surface area contributed by atoms with Crippen molar-refractivity contribution in [3.8, 4) is 0 Å². The molecule has 1 unspecified atom stereocenters. The number of sulfonamides is 1. The Hall–Kier alpha value is -1.14. The minimum Gasteiger partial charge on any atom is -0.313 e. The highest BCUT2D eigenvalue weighted by atomic mass is 32.2. The summed E-state index contributed by atoms with van der Waals surface area (Å²) in [6.07, 6.45) is 0. The number of halogens is 1. The second-order valence-electron chi connectivity index (χ2n) is 4.86. The van der Waals surface area contributed by atoms with Gasteiger partial charge in [0.1, 0.15) is 5.82 Å². The normalized spacial score (nSPS) is 13.6. The number of benzene rings is 1. The van der Waals surface area contributed by atoms with Crippen molar-refractivity contribution in [3.05, 3.63) is 30.1 Å². The minimum atomic E-state index is -3.45. The van der Waals surface area contributed by atoms with Crippen LogP contribution in [0.4, 0.5) is 10.1 Å². The van der Waals surface area contributed by atoms with Crippen molar-refractivity contribution in [2.75, 3.05) is 17.9 Å². The Morgan fingerprint density at radius 1 is 1.21 bits per heavy atom. The smallest absolute Gasteiger partial charge is 0.238 e. The molecule has 0 aliphatic heterocycles. The highest BCUT2D eigenvalue weighted by Crippen LogP contribution is 2.19. The van der Waals surface area contributed by atoms with E-state index in [0.29, 0.717) is 12.2 Å². The molecule has 1 aromatic rings. The summed E-state index contributed by atoms with van der Waals surface area (Å²) in [5.41, 5.74) is 0.456. The Labute approximate surface area is 114 Å². The number of hydrogen-bond donors (Lipinski definition) is 1. The largest absolute Gasteiger partial charge is 0.313 e. The first kappa shape index (κ1) is 15.9. The van der Waals surface area contributed by atoms with Gasteiger partial charge in [-0.25, -0.2) is 12.8 Å². The standard InChI is InChI=1S/C13H21FN2O2S/c1-10(2)15-9-11(3)19(17,18)16(4)13-7-5-12(14)6-8-13/h5-8,10-11,15H,9H2,1-4H3. The highest BCUT2D eigenvalue weighted by molar-refractivity contribution is 7.93. The fraction of sp³-hybridized carbons (Fsp3) is 0.538. The van der Waals surface area contributed by atoms with Gasteiger partial charge in [0.15, 0.2) is 0 Å². The van der Waals surface area contributed by atoms with Gasteiger partial charge < -0.3 is 5.32 Å². The molecular formula is C13H21FN2O2S. The van der Waals surface area contributed by atoms with Gasteiger partial charge in [0.05, 0.1) is 10.9 Å². The highest BCUT2D eigenvalue weighted by Gasteiger charge is 2.26. The number of nitrogens with one attached hydrogen (secondary N) is 1. The summed E-state index contributed by atoms with van der Waals surface area (Å²) in [6, 6.07) is 5.63. The lowest BCUT2D eigenvalue weighted by atomic mass is 10.3. The van der Waals surface area contributed by atoms with E-state index in [0.717, 1.165) is 0 Å². The minimum absolute atomic E-state index is 0.230. The quantitative estimate of drug-likeness (QED) is 0.871. The monoisotopic (exact) mass is 288 g/mol.